The molecule has 0 saturated carbocycles. The molecule has 16 heavy (non-hydrogen) atoms. The van der Waals surface area contributed by atoms with Crippen molar-refractivity contribution >= 4 is 17.4 Å². The van der Waals surface area contributed by atoms with Crippen molar-refractivity contribution in [2.45, 2.75) is 27.2 Å². The van der Waals surface area contributed by atoms with Gasteiger partial charge in [0.05, 0.1) is 0 Å². The molecule has 2 unspecified atom stereocenters. The van der Waals surface area contributed by atoms with Crippen molar-refractivity contribution in [1.29, 1.82) is 0 Å². The van der Waals surface area contributed by atoms with E-state index < -0.39 is 0 Å². The van der Waals surface area contributed by atoms with Crippen LogP contribution >= 0.6 is 11.6 Å². The maximum atomic E-state index is 5.96. The summed E-state index contributed by atoms with van der Waals surface area (Å²) in [6.07, 6.45) is 1.22. The van der Waals surface area contributed by atoms with Crippen molar-refractivity contribution < 1.29 is 0 Å². The lowest BCUT2D eigenvalue weighted by Gasteiger charge is -2.36. The number of piperidine rings is 1. The van der Waals surface area contributed by atoms with E-state index >= 15 is 0 Å². The van der Waals surface area contributed by atoms with Gasteiger partial charge in [0.2, 0.25) is 0 Å². The minimum Gasteiger partial charge on any atom is -0.356 e. The highest BCUT2D eigenvalue weighted by Crippen LogP contribution is 2.26. The first-order valence-corrected chi connectivity index (χ1v) is 6.20. The van der Waals surface area contributed by atoms with Gasteiger partial charge >= 0.3 is 0 Å². The maximum absolute atomic E-state index is 5.96. The van der Waals surface area contributed by atoms with E-state index in [0.29, 0.717) is 11.1 Å². The van der Waals surface area contributed by atoms with Gasteiger partial charge in [0.15, 0.2) is 0 Å². The van der Waals surface area contributed by atoms with Crippen molar-refractivity contribution in [1.82, 2.24) is 9.97 Å². The van der Waals surface area contributed by atoms with Gasteiger partial charge in [-0.1, -0.05) is 25.4 Å². The van der Waals surface area contributed by atoms with Crippen molar-refractivity contribution in [3.8, 4) is 0 Å². The van der Waals surface area contributed by atoms with E-state index in [2.05, 4.69) is 28.7 Å². The van der Waals surface area contributed by atoms with Crippen molar-refractivity contribution in [2.24, 2.45) is 11.8 Å². The van der Waals surface area contributed by atoms with Crippen LogP contribution in [0.2, 0.25) is 5.15 Å². The Kier molecular flexibility index (Phi) is 3.33. The third kappa shape index (κ3) is 2.46. The predicted octanol–water partition coefficient (Wildman–Crippen LogP) is 2.92. The van der Waals surface area contributed by atoms with Crippen LogP contribution in [-0.2, 0) is 0 Å². The molecule has 2 heterocycles. The molecule has 0 amide bonds. The minimum atomic E-state index is 0.536. The molecule has 4 heteroatoms. The summed E-state index contributed by atoms with van der Waals surface area (Å²) in [6, 6.07) is 1.86. The molecule has 2 atom stereocenters. The summed E-state index contributed by atoms with van der Waals surface area (Å²) in [5.41, 5.74) is 0. The Morgan fingerprint density at radius 1 is 1.31 bits per heavy atom. The number of hydrogen-bond acceptors (Lipinski definition) is 3. The average molecular weight is 240 g/mol. The van der Waals surface area contributed by atoms with Gasteiger partial charge in [0.25, 0.3) is 0 Å². The molecular weight excluding hydrogens is 222 g/mol. The lowest BCUT2D eigenvalue weighted by atomic mass is 9.89. The quantitative estimate of drug-likeness (QED) is 0.706. The van der Waals surface area contributed by atoms with E-state index in [1.807, 2.05) is 13.0 Å². The van der Waals surface area contributed by atoms with Crippen LogP contribution in [0.4, 0.5) is 5.82 Å². The Labute approximate surface area is 102 Å². The molecule has 3 nitrogen and oxygen atoms in total. The van der Waals surface area contributed by atoms with Crippen LogP contribution in [0.5, 0.6) is 0 Å². The Morgan fingerprint density at radius 2 is 2.06 bits per heavy atom. The van der Waals surface area contributed by atoms with E-state index in [4.69, 9.17) is 11.6 Å². The number of hydrogen-bond donors (Lipinski definition) is 0. The summed E-state index contributed by atoms with van der Waals surface area (Å²) >= 11 is 5.96. The standard InChI is InChI=1S/C12H18ClN3/c1-8-4-5-16(7-9(8)2)12-6-11(13)14-10(3)15-12/h6,8-9H,4-5,7H2,1-3H3. The topological polar surface area (TPSA) is 29.0 Å². The second-order valence-electron chi connectivity index (χ2n) is 4.79. The molecule has 0 aliphatic carbocycles. The Hall–Kier alpha value is -0.830. The second kappa shape index (κ2) is 4.58. The summed E-state index contributed by atoms with van der Waals surface area (Å²) in [5, 5.41) is 0.536. The lowest BCUT2D eigenvalue weighted by molar-refractivity contribution is 0.322. The molecule has 0 bridgehead atoms. The number of aryl methyl sites for hydroxylation is 1. The molecule has 1 aliphatic heterocycles. The second-order valence-corrected chi connectivity index (χ2v) is 5.17. The highest BCUT2D eigenvalue weighted by atomic mass is 35.5. The summed E-state index contributed by atoms with van der Waals surface area (Å²) in [6.45, 7) is 8.63. The number of rotatable bonds is 1. The van der Waals surface area contributed by atoms with Crippen LogP contribution in [0.15, 0.2) is 6.07 Å². The molecule has 0 aromatic carbocycles. The van der Waals surface area contributed by atoms with Gasteiger partial charge in [-0.3, -0.25) is 0 Å². The van der Waals surface area contributed by atoms with Crippen LogP contribution < -0.4 is 4.90 Å². The van der Waals surface area contributed by atoms with E-state index in [-0.39, 0.29) is 0 Å². The van der Waals surface area contributed by atoms with Gasteiger partial charge < -0.3 is 4.90 Å². The van der Waals surface area contributed by atoms with Gasteiger partial charge in [0.1, 0.15) is 16.8 Å². The normalized spacial score (nSPS) is 25.9. The Bertz CT molecular complexity index is 360. The van der Waals surface area contributed by atoms with Crippen molar-refractivity contribution in [3.63, 3.8) is 0 Å². The summed E-state index contributed by atoms with van der Waals surface area (Å²) in [5.74, 6) is 3.22. The minimum absolute atomic E-state index is 0.536. The summed E-state index contributed by atoms with van der Waals surface area (Å²) < 4.78 is 0. The van der Waals surface area contributed by atoms with Gasteiger partial charge in [-0.25, -0.2) is 9.97 Å². The molecule has 1 aliphatic rings. The average Bonchev–Trinajstić information content (AvgIpc) is 2.20. The van der Waals surface area contributed by atoms with Gasteiger partial charge in [0, 0.05) is 19.2 Å². The molecule has 0 N–H and O–H groups in total. The van der Waals surface area contributed by atoms with Gasteiger partial charge in [-0.2, -0.15) is 0 Å². The fraction of sp³-hybridized carbons (Fsp3) is 0.667. The number of aromatic nitrogens is 2. The zero-order valence-corrected chi connectivity index (χ0v) is 10.8. The fourth-order valence-corrected chi connectivity index (χ4v) is 2.37. The molecule has 0 spiro atoms. The van der Waals surface area contributed by atoms with Gasteiger partial charge in [-0.15, -0.1) is 0 Å². The SMILES string of the molecule is Cc1nc(Cl)cc(N2CCC(C)C(C)C2)n1. The van der Waals surface area contributed by atoms with E-state index in [0.717, 1.165) is 30.6 Å². The molecule has 1 fully saturated rings. The summed E-state index contributed by atoms with van der Waals surface area (Å²) in [4.78, 5) is 10.8. The predicted molar refractivity (Wildman–Crippen MR) is 66.9 cm³/mol. The third-order valence-electron chi connectivity index (χ3n) is 3.45. The van der Waals surface area contributed by atoms with Crippen LogP contribution in [0.1, 0.15) is 26.1 Å². The van der Waals surface area contributed by atoms with Crippen LogP contribution in [0.3, 0.4) is 0 Å². The first-order valence-electron chi connectivity index (χ1n) is 5.82. The lowest BCUT2D eigenvalue weighted by Crippen LogP contribution is -2.39. The van der Waals surface area contributed by atoms with Crippen LogP contribution in [0.25, 0.3) is 0 Å². The first kappa shape index (κ1) is 11.6. The maximum Gasteiger partial charge on any atom is 0.134 e. The van der Waals surface area contributed by atoms with E-state index in [9.17, 15) is 0 Å². The van der Waals surface area contributed by atoms with Gasteiger partial charge in [-0.05, 0) is 25.2 Å². The molecule has 0 radical (unpaired) electrons. The van der Waals surface area contributed by atoms with Crippen molar-refractivity contribution in [2.75, 3.05) is 18.0 Å². The van der Waals surface area contributed by atoms with Crippen LogP contribution in [0, 0.1) is 18.8 Å². The first-order chi connectivity index (χ1) is 7.56. The highest BCUT2D eigenvalue weighted by Gasteiger charge is 2.23. The molecule has 1 saturated heterocycles. The molecule has 2 rings (SSSR count). The number of nitrogens with zero attached hydrogens (tertiary/aromatic N) is 3. The molecular formula is C12H18ClN3. The van der Waals surface area contributed by atoms with E-state index in [1.54, 1.807) is 0 Å². The third-order valence-corrected chi connectivity index (χ3v) is 3.64. The number of halogens is 1. The monoisotopic (exact) mass is 239 g/mol. The zero-order chi connectivity index (χ0) is 11.7. The largest absolute Gasteiger partial charge is 0.356 e. The smallest absolute Gasteiger partial charge is 0.134 e. The summed E-state index contributed by atoms with van der Waals surface area (Å²) in [7, 11) is 0. The van der Waals surface area contributed by atoms with E-state index in [1.165, 1.54) is 6.42 Å². The van der Waals surface area contributed by atoms with Crippen molar-refractivity contribution in [3.05, 3.63) is 17.0 Å². The molecule has 1 aromatic rings. The molecule has 88 valence electrons. The number of anilines is 1. The highest BCUT2D eigenvalue weighted by molar-refractivity contribution is 6.29. The fourth-order valence-electron chi connectivity index (χ4n) is 2.15. The molecule has 1 aromatic heterocycles. The Balaban J connectivity index is 2.18. The zero-order valence-electron chi connectivity index (χ0n) is 10.1. The van der Waals surface area contributed by atoms with Crippen LogP contribution in [-0.4, -0.2) is 23.1 Å². The Morgan fingerprint density at radius 3 is 2.69 bits per heavy atom.